The highest BCUT2D eigenvalue weighted by Gasteiger charge is 2.37. The first-order valence-electron chi connectivity index (χ1n) is 7.37. The summed E-state index contributed by atoms with van der Waals surface area (Å²) >= 11 is 0. The molecule has 126 valence electrons. The second-order valence-electron chi connectivity index (χ2n) is 5.63. The molecule has 0 spiro atoms. The fourth-order valence-electron chi connectivity index (χ4n) is 2.61. The molecule has 0 amide bonds. The molecule has 5 nitrogen and oxygen atoms in total. The standard InChI is InChI=1S/C16H16F3N5/c1-10-6-4-5-7-12(10)11(2)23(3)14-9-8-13-20-21-15(16(17,18)19)24(13)22-14/h4-9,11H,1-3H3/t11-/m1/s1. The number of aryl methyl sites for hydroxylation is 1. The molecule has 3 rings (SSSR count). The third-order valence-corrected chi connectivity index (χ3v) is 4.08. The number of rotatable bonds is 3. The maximum Gasteiger partial charge on any atom is 0.453 e. The summed E-state index contributed by atoms with van der Waals surface area (Å²) in [7, 11) is 1.79. The summed E-state index contributed by atoms with van der Waals surface area (Å²) in [4.78, 5) is 1.82. The van der Waals surface area contributed by atoms with E-state index in [1.165, 1.54) is 6.07 Å². The van der Waals surface area contributed by atoms with Gasteiger partial charge in [0.2, 0.25) is 0 Å². The number of nitrogens with zero attached hydrogens (tertiary/aromatic N) is 5. The molecule has 0 N–H and O–H groups in total. The predicted octanol–water partition coefficient (Wildman–Crippen LogP) is 3.65. The Morgan fingerprint density at radius 3 is 2.46 bits per heavy atom. The van der Waals surface area contributed by atoms with Crippen LogP contribution in [-0.4, -0.2) is 26.9 Å². The summed E-state index contributed by atoms with van der Waals surface area (Å²) in [6, 6.07) is 10.9. The molecule has 3 aromatic rings. The van der Waals surface area contributed by atoms with E-state index < -0.39 is 12.0 Å². The van der Waals surface area contributed by atoms with E-state index in [9.17, 15) is 13.2 Å². The lowest BCUT2D eigenvalue weighted by molar-refractivity contribution is -0.146. The van der Waals surface area contributed by atoms with Gasteiger partial charge in [-0.25, -0.2) is 0 Å². The van der Waals surface area contributed by atoms with Gasteiger partial charge in [-0.3, -0.25) is 0 Å². The normalized spacial score (nSPS) is 13.2. The molecule has 0 saturated carbocycles. The van der Waals surface area contributed by atoms with E-state index in [-0.39, 0.29) is 11.7 Å². The SMILES string of the molecule is Cc1ccccc1[C@@H](C)N(C)c1ccc2nnc(C(F)(F)F)n2n1. The highest BCUT2D eigenvalue weighted by molar-refractivity contribution is 5.47. The van der Waals surface area contributed by atoms with E-state index >= 15 is 0 Å². The number of fused-ring (bicyclic) bond motifs is 1. The first-order chi connectivity index (χ1) is 11.3. The molecular weight excluding hydrogens is 319 g/mol. The van der Waals surface area contributed by atoms with Crippen molar-refractivity contribution in [1.29, 1.82) is 0 Å². The Kier molecular flexibility index (Phi) is 3.90. The minimum atomic E-state index is -4.61. The number of hydrogen-bond acceptors (Lipinski definition) is 4. The van der Waals surface area contributed by atoms with E-state index in [0.717, 1.165) is 15.6 Å². The Balaban J connectivity index is 2.01. The van der Waals surface area contributed by atoms with Gasteiger partial charge in [-0.05, 0) is 37.1 Å². The summed E-state index contributed by atoms with van der Waals surface area (Å²) in [6.45, 7) is 3.98. The fourth-order valence-corrected chi connectivity index (χ4v) is 2.61. The maximum atomic E-state index is 13.0. The van der Waals surface area contributed by atoms with Crippen molar-refractivity contribution in [2.45, 2.75) is 26.1 Å². The van der Waals surface area contributed by atoms with Crippen LogP contribution in [0.1, 0.15) is 29.9 Å². The van der Waals surface area contributed by atoms with Gasteiger partial charge in [0, 0.05) is 7.05 Å². The highest BCUT2D eigenvalue weighted by atomic mass is 19.4. The molecule has 1 atom stereocenters. The van der Waals surface area contributed by atoms with Gasteiger partial charge >= 0.3 is 6.18 Å². The van der Waals surface area contributed by atoms with Crippen molar-refractivity contribution in [1.82, 2.24) is 19.8 Å². The Labute approximate surface area is 136 Å². The molecule has 0 unspecified atom stereocenters. The number of aromatic nitrogens is 4. The monoisotopic (exact) mass is 335 g/mol. The number of benzene rings is 1. The topological polar surface area (TPSA) is 46.3 Å². The zero-order valence-electron chi connectivity index (χ0n) is 13.4. The van der Waals surface area contributed by atoms with Crippen molar-refractivity contribution in [3.8, 4) is 0 Å². The molecule has 0 radical (unpaired) electrons. The van der Waals surface area contributed by atoms with Crippen molar-refractivity contribution in [3.63, 3.8) is 0 Å². The van der Waals surface area contributed by atoms with Gasteiger partial charge in [0.1, 0.15) is 5.82 Å². The quantitative estimate of drug-likeness (QED) is 0.733. The van der Waals surface area contributed by atoms with Crippen LogP contribution in [-0.2, 0) is 6.18 Å². The lowest BCUT2D eigenvalue weighted by Gasteiger charge is -2.27. The molecule has 0 bridgehead atoms. The lowest BCUT2D eigenvalue weighted by atomic mass is 10.0. The molecular formula is C16H16F3N5. The molecule has 8 heteroatoms. The number of halogens is 3. The van der Waals surface area contributed by atoms with Crippen LogP contribution < -0.4 is 4.90 Å². The maximum absolute atomic E-state index is 13.0. The predicted molar refractivity (Wildman–Crippen MR) is 83.8 cm³/mol. The molecule has 0 aliphatic carbocycles. The van der Waals surface area contributed by atoms with Gasteiger partial charge in [-0.1, -0.05) is 24.3 Å². The highest BCUT2D eigenvalue weighted by Crippen LogP contribution is 2.29. The average Bonchev–Trinajstić information content (AvgIpc) is 2.97. The smallest absolute Gasteiger partial charge is 0.351 e. The second-order valence-corrected chi connectivity index (χ2v) is 5.63. The lowest BCUT2D eigenvalue weighted by Crippen LogP contribution is -2.24. The first kappa shape index (κ1) is 16.2. The Morgan fingerprint density at radius 1 is 1.08 bits per heavy atom. The Hall–Kier alpha value is -2.64. The van der Waals surface area contributed by atoms with Crippen LogP contribution in [0.15, 0.2) is 36.4 Å². The van der Waals surface area contributed by atoms with Gasteiger partial charge in [0.25, 0.3) is 5.82 Å². The van der Waals surface area contributed by atoms with Crippen LogP contribution in [0.4, 0.5) is 19.0 Å². The van der Waals surface area contributed by atoms with E-state index in [0.29, 0.717) is 5.82 Å². The van der Waals surface area contributed by atoms with E-state index in [1.54, 1.807) is 13.1 Å². The molecule has 2 aromatic heterocycles. The third-order valence-electron chi connectivity index (χ3n) is 4.08. The zero-order chi connectivity index (χ0) is 17.5. The first-order valence-corrected chi connectivity index (χ1v) is 7.37. The van der Waals surface area contributed by atoms with Gasteiger partial charge < -0.3 is 4.90 Å². The van der Waals surface area contributed by atoms with Gasteiger partial charge in [-0.2, -0.15) is 17.7 Å². The van der Waals surface area contributed by atoms with E-state index in [2.05, 4.69) is 15.3 Å². The molecule has 0 aliphatic heterocycles. The number of hydrogen-bond donors (Lipinski definition) is 0. The molecule has 0 aliphatic rings. The van der Waals surface area contributed by atoms with E-state index in [1.807, 2.05) is 43.0 Å². The van der Waals surface area contributed by atoms with Crippen molar-refractivity contribution < 1.29 is 13.2 Å². The molecule has 24 heavy (non-hydrogen) atoms. The van der Waals surface area contributed by atoms with Crippen molar-refractivity contribution in [2.24, 2.45) is 0 Å². The van der Waals surface area contributed by atoms with Crippen molar-refractivity contribution in [3.05, 3.63) is 53.3 Å². The molecule has 2 heterocycles. The minimum Gasteiger partial charge on any atom is -0.351 e. The Morgan fingerprint density at radius 2 is 1.79 bits per heavy atom. The summed E-state index contributed by atoms with van der Waals surface area (Å²) in [5, 5.41) is 10.8. The summed E-state index contributed by atoms with van der Waals surface area (Å²) < 4.78 is 39.7. The van der Waals surface area contributed by atoms with Crippen LogP contribution in [0.5, 0.6) is 0 Å². The molecule has 1 aromatic carbocycles. The van der Waals surface area contributed by atoms with Crippen LogP contribution in [0.25, 0.3) is 5.65 Å². The van der Waals surface area contributed by atoms with Crippen LogP contribution >= 0.6 is 0 Å². The summed E-state index contributed by atoms with van der Waals surface area (Å²) in [6.07, 6.45) is -4.61. The summed E-state index contributed by atoms with van der Waals surface area (Å²) in [5.74, 6) is -0.722. The largest absolute Gasteiger partial charge is 0.453 e. The van der Waals surface area contributed by atoms with Gasteiger partial charge in [0.15, 0.2) is 5.65 Å². The van der Waals surface area contributed by atoms with Crippen molar-refractivity contribution in [2.75, 3.05) is 11.9 Å². The third kappa shape index (κ3) is 2.79. The van der Waals surface area contributed by atoms with Crippen LogP contribution in [0.3, 0.4) is 0 Å². The minimum absolute atomic E-state index is 0.0537. The second kappa shape index (κ2) is 5.77. The van der Waals surface area contributed by atoms with Gasteiger partial charge in [0.05, 0.1) is 6.04 Å². The van der Waals surface area contributed by atoms with Gasteiger partial charge in [-0.15, -0.1) is 15.3 Å². The van der Waals surface area contributed by atoms with Crippen LogP contribution in [0.2, 0.25) is 0 Å². The average molecular weight is 335 g/mol. The summed E-state index contributed by atoms with van der Waals surface area (Å²) in [5.41, 5.74) is 2.25. The van der Waals surface area contributed by atoms with Crippen molar-refractivity contribution >= 4 is 11.5 Å². The Bertz CT molecular complexity index is 872. The zero-order valence-corrected chi connectivity index (χ0v) is 13.4. The number of anilines is 1. The molecule has 0 saturated heterocycles. The number of alkyl halides is 3. The molecule has 0 fully saturated rings. The van der Waals surface area contributed by atoms with Crippen LogP contribution in [0, 0.1) is 6.92 Å². The fraction of sp³-hybridized carbons (Fsp3) is 0.312. The van der Waals surface area contributed by atoms with E-state index in [4.69, 9.17) is 0 Å².